The van der Waals surface area contributed by atoms with E-state index in [1.54, 1.807) is 12.5 Å². The van der Waals surface area contributed by atoms with Crippen LogP contribution in [0.3, 0.4) is 0 Å². The molecule has 0 unspecified atom stereocenters. The first-order chi connectivity index (χ1) is 4.86. The van der Waals surface area contributed by atoms with Gasteiger partial charge in [-0.15, -0.1) is 0 Å². The summed E-state index contributed by atoms with van der Waals surface area (Å²) in [7, 11) is 0. The van der Waals surface area contributed by atoms with Crippen LogP contribution < -0.4 is 51.4 Å². The van der Waals surface area contributed by atoms with Crippen LogP contribution in [-0.4, -0.2) is 19.9 Å². The van der Waals surface area contributed by atoms with E-state index >= 15 is 0 Å². The van der Waals surface area contributed by atoms with Crippen LogP contribution in [0.5, 0.6) is 0 Å². The Kier molecular flexibility index (Phi) is 3.41. The quantitative estimate of drug-likeness (QED) is 0.395. The molecule has 0 aliphatic carbocycles. The van der Waals surface area contributed by atoms with E-state index in [9.17, 15) is 0 Å². The van der Waals surface area contributed by atoms with Crippen LogP contribution in [0.25, 0.3) is 11.2 Å². The van der Waals surface area contributed by atoms with Crippen LogP contribution >= 0.6 is 11.6 Å². The fourth-order valence-corrected chi connectivity index (χ4v) is 0.844. The SMILES string of the molecule is Clc1ncc2[nH]cnc2n1.[H-].[K+]. The molecule has 0 fully saturated rings. The molecule has 2 aromatic rings. The van der Waals surface area contributed by atoms with E-state index in [1.165, 1.54) is 0 Å². The molecule has 0 aliphatic rings. The third-order valence-corrected chi connectivity index (χ3v) is 1.33. The van der Waals surface area contributed by atoms with Crippen LogP contribution in [0, 0.1) is 0 Å². The van der Waals surface area contributed by atoms with Gasteiger partial charge in [0.1, 0.15) is 5.52 Å². The number of imidazole rings is 1. The summed E-state index contributed by atoms with van der Waals surface area (Å²) in [4.78, 5) is 14.4. The first-order valence-corrected chi connectivity index (χ1v) is 3.06. The number of hydrogen-bond donors (Lipinski definition) is 1. The molecule has 0 saturated carbocycles. The predicted molar refractivity (Wildman–Crippen MR) is 37.8 cm³/mol. The molecule has 2 heterocycles. The van der Waals surface area contributed by atoms with Crippen molar-refractivity contribution in [1.82, 2.24) is 19.9 Å². The van der Waals surface area contributed by atoms with Crippen molar-refractivity contribution in [2.75, 3.05) is 0 Å². The number of aromatic nitrogens is 4. The Bertz CT molecular complexity index is 365. The molecule has 6 heteroatoms. The van der Waals surface area contributed by atoms with Crippen molar-refractivity contribution in [3.63, 3.8) is 0 Å². The Hall–Kier alpha value is 0.476. The molecule has 11 heavy (non-hydrogen) atoms. The van der Waals surface area contributed by atoms with Crippen LogP contribution in [0.15, 0.2) is 12.5 Å². The molecule has 4 nitrogen and oxygen atoms in total. The zero-order valence-electron chi connectivity index (χ0n) is 6.87. The molecular formula is C5H4ClKN4. The minimum absolute atomic E-state index is 0. The van der Waals surface area contributed by atoms with E-state index in [2.05, 4.69) is 19.9 Å². The summed E-state index contributed by atoms with van der Waals surface area (Å²) < 4.78 is 0. The van der Waals surface area contributed by atoms with Crippen LogP contribution in [0.2, 0.25) is 5.28 Å². The van der Waals surface area contributed by atoms with E-state index in [0.717, 1.165) is 5.52 Å². The van der Waals surface area contributed by atoms with Gasteiger partial charge in [-0.05, 0) is 11.6 Å². The average Bonchev–Trinajstić information content (AvgIpc) is 2.33. The second kappa shape index (κ2) is 3.93. The topological polar surface area (TPSA) is 54.5 Å². The van der Waals surface area contributed by atoms with Crippen LogP contribution in [-0.2, 0) is 0 Å². The molecule has 2 aromatic heterocycles. The minimum atomic E-state index is 0. The van der Waals surface area contributed by atoms with Crippen molar-refractivity contribution in [3.8, 4) is 0 Å². The second-order valence-corrected chi connectivity index (χ2v) is 2.12. The van der Waals surface area contributed by atoms with Gasteiger partial charge in [0, 0.05) is 0 Å². The molecule has 2 rings (SSSR count). The summed E-state index contributed by atoms with van der Waals surface area (Å²) in [6, 6.07) is 0. The van der Waals surface area contributed by atoms with Gasteiger partial charge in [0.2, 0.25) is 5.28 Å². The molecule has 0 aliphatic heterocycles. The Morgan fingerprint density at radius 1 is 1.45 bits per heavy atom. The van der Waals surface area contributed by atoms with Gasteiger partial charge in [-0.25, -0.2) is 9.97 Å². The summed E-state index contributed by atoms with van der Waals surface area (Å²) in [5, 5.41) is 0.222. The predicted octanol–water partition coefficient (Wildman–Crippen LogP) is -1.88. The van der Waals surface area contributed by atoms with Gasteiger partial charge in [0.15, 0.2) is 5.65 Å². The molecule has 0 saturated heterocycles. The molecule has 0 aromatic carbocycles. The van der Waals surface area contributed by atoms with Gasteiger partial charge in [-0.3, -0.25) is 0 Å². The normalized spacial score (nSPS) is 9.55. The smallest absolute Gasteiger partial charge is 1.00 e. The van der Waals surface area contributed by atoms with Crippen LogP contribution in [0.4, 0.5) is 0 Å². The summed E-state index contributed by atoms with van der Waals surface area (Å²) in [5.41, 5.74) is 1.39. The second-order valence-electron chi connectivity index (χ2n) is 1.78. The summed E-state index contributed by atoms with van der Waals surface area (Å²) in [6.45, 7) is 0. The molecule has 0 atom stereocenters. The third kappa shape index (κ3) is 1.98. The maximum absolute atomic E-state index is 5.50. The zero-order valence-corrected chi connectivity index (χ0v) is 9.75. The van der Waals surface area contributed by atoms with E-state index in [4.69, 9.17) is 11.6 Å². The molecule has 0 bridgehead atoms. The first kappa shape index (κ1) is 9.56. The fourth-order valence-electron chi connectivity index (χ4n) is 0.715. The van der Waals surface area contributed by atoms with Crippen molar-refractivity contribution < 1.29 is 52.8 Å². The zero-order chi connectivity index (χ0) is 6.97. The van der Waals surface area contributed by atoms with Crippen molar-refractivity contribution in [1.29, 1.82) is 0 Å². The number of aromatic amines is 1. The number of rotatable bonds is 0. The maximum atomic E-state index is 5.50. The number of hydrogen-bond acceptors (Lipinski definition) is 3. The Morgan fingerprint density at radius 3 is 3.09 bits per heavy atom. The van der Waals surface area contributed by atoms with E-state index < -0.39 is 0 Å². The number of nitrogens with one attached hydrogen (secondary N) is 1. The number of H-pyrrole nitrogens is 1. The average molecular weight is 195 g/mol. The standard InChI is InChI=1S/C5H3ClN4.K.H/c6-5-7-1-3-4(10-5)9-2-8-3;;/h1-2H,(H,7,8,9,10);;/q;+1;-1. The minimum Gasteiger partial charge on any atom is -1.00 e. The Balaban J connectivity index is 0.000000605. The summed E-state index contributed by atoms with van der Waals surface area (Å²) in [6.07, 6.45) is 3.15. The monoisotopic (exact) mass is 194 g/mol. The maximum Gasteiger partial charge on any atom is 1.00 e. The fraction of sp³-hybridized carbons (Fsp3) is 0. The van der Waals surface area contributed by atoms with Gasteiger partial charge >= 0.3 is 51.4 Å². The van der Waals surface area contributed by atoms with Gasteiger partial charge in [-0.1, -0.05) is 0 Å². The molecule has 52 valence electrons. The van der Waals surface area contributed by atoms with Gasteiger partial charge in [0.25, 0.3) is 0 Å². The van der Waals surface area contributed by atoms with Crippen molar-refractivity contribution in [2.24, 2.45) is 0 Å². The number of fused-ring (bicyclic) bond motifs is 1. The first-order valence-electron chi connectivity index (χ1n) is 2.68. The van der Waals surface area contributed by atoms with Crippen LogP contribution in [0.1, 0.15) is 1.43 Å². The number of nitrogens with zero attached hydrogens (tertiary/aromatic N) is 3. The molecule has 0 amide bonds. The third-order valence-electron chi connectivity index (χ3n) is 1.15. The van der Waals surface area contributed by atoms with E-state index in [0.29, 0.717) is 5.65 Å². The van der Waals surface area contributed by atoms with Crippen molar-refractivity contribution in [3.05, 3.63) is 17.8 Å². The summed E-state index contributed by atoms with van der Waals surface area (Å²) >= 11 is 5.50. The largest absolute Gasteiger partial charge is 1.00 e. The molecule has 1 N–H and O–H groups in total. The summed E-state index contributed by atoms with van der Waals surface area (Å²) in [5.74, 6) is 0. The van der Waals surface area contributed by atoms with Crippen molar-refractivity contribution >= 4 is 22.8 Å². The Labute approximate surface area is 112 Å². The van der Waals surface area contributed by atoms with Gasteiger partial charge in [-0.2, -0.15) is 4.98 Å². The molecule has 0 radical (unpaired) electrons. The van der Waals surface area contributed by atoms with E-state index in [-0.39, 0.29) is 58.1 Å². The molecule has 0 spiro atoms. The molecular weight excluding hydrogens is 191 g/mol. The Morgan fingerprint density at radius 2 is 2.27 bits per heavy atom. The van der Waals surface area contributed by atoms with Gasteiger partial charge < -0.3 is 6.41 Å². The number of halogens is 1. The van der Waals surface area contributed by atoms with Gasteiger partial charge in [0.05, 0.1) is 12.5 Å². The van der Waals surface area contributed by atoms with Crippen molar-refractivity contribution in [2.45, 2.75) is 0 Å². The van der Waals surface area contributed by atoms with E-state index in [1.807, 2.05) is 0 Å².